The van der Waals surface area contributed by atoms with Gasteiger partial charge in [-0.3, -0.25) is 4.79 Å². The fourth-order valence-electron chi connectivity index (χ4n) is 2.24. The van der Waals surface area contributed by atoms with E-state index >= 15 is 0 Å². The summed E-state index contributed by atoms with van der Waals surface area (Å²) in [6.07, 6.45) is 3.66. The monoisotopic (exact) mass is 306 g/mol. The highest BCUT2D eigenvalue weighted by Crippen LogP contribution is 2.37. The second kappa shape index (κ2) is 6.30. The molecule has 0 saturated heterocycles. The predicted molar refractivity (Wildman–Crippen MR) is 83.4 cm³/mol. The van der Waals surface area contributed by atoms with Crippen molar-refractivity contribution in [2.45, 2.75) is 32.6 Å². The Kier molecular flexibility index (Phi) is 4.24. The van der Waals surface area contributed by atoms with Gasteiger partial charge in [-0.15, -0.1) is 0 Å². The lowest BCUT2D eigenvalue weighted by Crippen LogP contribution is -2.15. The first-order valence-corrected chi connectivity index (χ1v) is 8.08. The van der Waals surface area contributed by atoms with E-state index in [2.05, 4.69) is 17.2 Å². The van der Waals surface area contributed by atoms with Crippen LogP contribution in [0.4, 0.5) is 5.13 Å². The maximum atomic E-state index is 11.8. The minimum atomic E-state index is 0.0276. The second-order valence-electron chi connectivity index (χ2n) is 4.99. The molecule has 21 heavy (non-hydrogen) atoms. The first-order chi connectivity index (χ1) is 10.3. The van der Waals surface area contributed by atoms with Crippen molar-refractivity contribution in [3.8, 4) is 11.5 Å². The van der Waals surface area contributed by atoms with Crippen LogP contribution in [-0.2, 0) is 4.79 Å². The summed E-state index contributed by atoms with van der Waals surface area (Å²) < 4.78 is 12.1. The van der Waals surface area contributed by atoms with Crippen molar-refractivity contribution in [3.05, 3.63) is 12.1 Å². The summed E-state index contributed by atoms with van der Waals surface area (Å²) in [7, 11) is 0. The summed E-state index contributed by atoms with van der Waals surface area (Å²) in [6, 6.07) is 3.79. The molecule has 1 amide bonds. The topological polar surface area (TPSA) is 60.5 Å². The maximum absolute atomic E-state index is 11.8. The van der Waals surface area contributed by atoms with Gasteiger partial charge < -0.3 is 14.8 Å². The van der Waals surface area contributed by atoms with Gasteiger partial charge in [0, 0.05) is 18.6 Å². The van der Waals surface area contributed by atoms with Crippen LogP contribution in [0, 0.1) is 0 Å². The zero-order valence-electron chi connectivity index (χ0n) is 12.0. The number of carbonyl (C=O) groups excluding carboxylic acids is 1. The highest BCUT2D eigenvalue weighted by atomic mass is 32.1. The molecule has 1 N–H and O–H groups in total. The van der Waals surface area contributed by atoms with Crippen molar-refractivity contribution in [3.63, 3.8) is 0 Å². The summed E-state index contributed by atoms with van der Waals surface area (Å²) in [4.78, 5) is 16.3. The number of fused-ring (bicyclic) bond motifs is 2. The summed E-state index contributed by atoms with van der Waals surface area (Å²) in [5, 5.41) is 3.50. The molecule has 1 aromatic heterocycles. The molecule has 0 saturated carbocycles. The summed E-state index contributed by atoms with van der Waals surface area (Å²) in [5.41, 5.74) is 0.827. The Hall–Kier alpha value is -1.82. The zero-order valence-corrected chi connectivity index (χ0v) is 12.8. The molecule has 2 heterocycles. The molecule has 1 aliphatic rings. The number of hydrogen-bond acceptors (Lipinski definition) is 5. The van der Waals surface area contributed by atoms with Gasteiger partial charge in [0.1, 0.15) is 13.2 Å². The van der Waals surface area contributed by atoms with E-state index in [9.17, 15) is 4.79 Å². The van der Waals surface area contributed by atoms with Gasteiger partial charge in [0.25, 0.3) is 0 Å². The summed E-state index contributed by atoms with van der Waals surface area (Å²) in [6.45, 7) is 3.25. The van der Waals surface area contributed by atoms with Crippen LogP contribution in [0.3, 0.4) is 0 Å². The number of ether oxygens (including phenoxy) is 2. The molecule has 6 heteroatoms. The van der Waals surface area contributed by atoms with Crippen LogP contribution in [0.2, 0.25) is 0 Å². The van der Waals surface area contributed by atoms with Crippen LogP contribution < -0.4 is 14.8 Å². The van der Waals surface area contributed by atoms with Crippen molar-refractivity contribution in [2.24, 2.45) is 0 Å². The lowest BCUT2D eigenvalue weighted by molar-refractivity contribution is -0.116. The molecule has 0 fully saturated rings. The normalized spacial score (nSPS) is 13.4. The molecule has 1 aliphatic heterocycles. The number of carbonyl (C=O) groups is 1. The fourth-order valence-corrected chi connectivity index (χ4v) is 3.13. The third-order valence-corrected chi connectivity index (χ3v) is 4.24. The lowest BCUT2D eigenvalue weighted by atomic mass is 10.2. The quantitative estimate of drug-likeness (QED) is 0.858. The molecule has 0 atom stereocenters. The van der Waals surface area contributed by atoms with Gasteiger partial charge >= 0.3 is 0 Å². The molecule has 3 rings (SSSR count). The molecule has 5 nitrogen and oxygen atoms in total. The zero-order chi connectivity index (χ0) is 14.7. The molecule has 0 radical (unpaired) electrons. The van der Waals surface area contributed by atoms with E-state index in [1.807, 2.05) is 12.1 Å². The maximum Gasteiger partial charge on any atom is 0.226 e. The average molecular weight is 306 g/mol. The van der Waals surface area contributed by atoms with Gasteiger partial charge in [0.15, 0.2) is 16.6 Å². The van der Waals surface area contributed by atoms with Crippen LogP contribution in [0.1, 0.15) is 32.6 Å². The van der Waals surface area contributed by atoms with E-state index in [4.69, 9.17) is 9.47 Å². The number of hydrogen-bond donors (Lipinski definition) is 1. The number of thiazole rings is 1. The van der Waals surface area contributed by atoms with Gasteiger partial charge in [-0.25, -0.2) is 4.98 Å². The highest BCUT2D eigenvalue weighted by molar-refractivity contribution is 7.22. The first-order valence-electron chi connectivity index (χ1n) is 7.26. The number of benzene rings is 1. The Morgan fingerprint density at radius 3 is 2.81 bits per heavy atom. The Labute approximate surface area is 127 Å². The average Bonchev–Trinajstić information content (AvgIpc) is 2.85. The molecule has 0 unspecified atom stereocenters. The molecule has 0 spiro atoms. The van der Waals surface area contributed by atoms with E-state index in [1.54, 1.807) is 0 Å². The van der Waals surface area contributed by atoms with E-state index in [1.165, 1.54) is 11.3 Å². The van der Waals surface area contributed by atoms with Crippen LogP contribution in [0.5, 0.6) is 11.5 Å². The largest absolute Gasteiger partial charge is 0.486 e. The molecular formula is C15H18N2O3S. The van der Waals surface area contributed by atoms with Gasteiger partial charge in [-0.1, -0.05) is 31.1 Å². The van der Waals surface area contributed by atoms with Crippen LogP contribution in [-0.4, -0.2) is 24.1 Å². The highest BCUT2D eigenvalue weighted by Gasteiger charge is 2.15. The van der Waals surface area contributed by atoms with Crippen molar-refractivity contribution < 1.29 is 14.3 Å². The molecule has 1 aromatic carbocycles. The fraction of sp³-hybridized carbons (Fsp3) is 0.467. The third-order valence-electron chi connectivity index (χ3n) is 3.31. The summed E-state index contributed by atoms with van der Waals surface area (Å²) in [5.74, 6) is 1.50. The first kappa shape index (κ1) is 14.1. The minimum absolute atomic E-state index is 0.0276. The predicted octanol–water partition coefficient (Wildman–Crippen LogP) is 3.59. The number of nitrogens with one attached hydrogen (secondary N) is 1. The molecule has 2 aromatic rings. The van der Waals surface area contributed by atoms with Crippen LogP contribution in [0.25, 0.3) is 10.2 Å². The van der Waals surface area contributed by atoms with Gasteiger partial charge in [-0.2, -0.15) is 0 Å². The van der Waals surface area contributed by atoms with Crippen LogP contribution >= 0.6 is 11.3 Å². The smallest absolute Gasteiger partial charge is 0.226 e. The standard InChI is InChI=1S/C15H18N2O3S/c1-2-3-4-5-14(18)17-15-16-10-8-11-12(9-13(10)21-15)20-7-6-19-11/h8-9H,2-7H2,1H3,(H,16,17,18). The second-order valence-corrected chi connectivity index (χ2v) is 6.02. The van der Waals surface area contributed by atoms with Gasteiger partial charge in [0.2, 0.25) is 5.91 Å². The van der Waals surface area contributed by atoms with Gasteiger partial charge in [0.05, 0.1) is 10.2 Å². The number of anilines is 1. The molecular weight excluding hydrogens is 288 g/mol. The number of rotatable bonds is 5. The number of amides is 1. The van der Waals surface area contributed by atoms with E-state index in [0.717, 1.165) is 41.0 Å². The number of nitrogens with zero attached hydrogens (tertiary/aromatic N) is 1. The van der Waals surface area contributed by atoms with Crippen molar-refractivity contribution in [2.75, 3.05) is 18.5 Å². The van der Waals surface area contributed by atoms with E-state index in [0.29, 0.717) is 24.8 Å². The third kappa shape index (κ3) is 3.26. The van der Waals surface area contributed by atoms with Crippen molar-refractivity contribution in [1.29, 1.82) is 0 Å². The van der Waals surface area contributed by atoms with Crippen molar-refractivity contribution in [1.82, 2.24) is 4.98 Å². The lowest BCUT2D eigenvalue weighted by Gasteiger charge is -2.17. The van der Waals surface area contributed by atoms with Gasteiger partial charge in [-0.05, 0) is 6.42 Å². The SMILES string of the molecule is CCCCCC(=O)Nc1nc2cc3c(cc2s1)OCCO3. The summed E-state index contributed by atoms with van der Waals surface area (Å²) >= 11 is 1.46. The number of aromatic nitrogens is 1. The number of unbranched alkanes of at least 4 members (excludes halogenated alkanes) is 2. The van der Waals surface area contributed by atoms with E-state index in [-0.39, 0.29) is 5.91 Å². The van der Waals surface area contributed by atoms with E-state index < -0.39 is 0 Å². The van der Waals surface area contributed by atoms with Crippen molar-refractivity contribution >= 4 is 32.6 Å². The molecule has 112 valence electrons. The minimum Gasteiger partial charge on any atom is -0.486 e. The Morgan fingerprint density at radius 2 is 2.05 bits per heavy atom. The Balaban J connectivity index is 1.73. The molecule has 0 aliphatic carbocycles. The molecule has 0 bridgehead atoms. The Bertz CT molecular complexity index is 611. The Morgan fingerprint density at radius 1 is 1.29 bits per heavy atom. The van der Waals surface area contributed by atoms with Crippen LogP contribution in [0.15, 0.2) is 12.1 Å².